The molecule has 1 atom stereocenters. The highest BCUT2D eigenvalue weighted by molar-refractivity contribution is 7.98. The van der Waals surface area contributed by atoms with E-state index in [0.29, 0.717) is 11.6 Å². The monoisotopic (exact) mass is 331 g/mol. The van der Waals surface area contributed by atoms with Gasteiger partial charge in [-0.2, -0.15) is 16.7 Å². The molecular formula is C15H17N5O2S. The summed E-state index contributed by atoms with van der Waals surface area (Å²) in [5.41, 5.74) is 0. The van der Waals surface area contributed by atoms with E-state index in [1.165, 1.54) is 0 Å². The van der Waals surface area contributed by atoms with E-state index in [1.54, 1.807) is 30.2 Å². The summed E-state index contributed by atoms with van der Waals surface area (Å²) in [7, 11) is 0. The maximum atomic E-state index is 12.6. The second-order valence-corrected chi connectivity index (χ2v) is 5.89. The minimum atomic E-state index is -0.289. The molecule has 0 spiro atoms. The van der Waals surface area contributed by atoms with Crippen LogP contribution in [0.2, 0.25) is 0 Å². The van der Waals surface area contributed by atoms with E-state index in [-0.39, 0.29) is 17.9 Å². The van der Waals surface area contributed by atoms with Crippen molar-refractivity contribution in [3.63, 3.8) is 0 Å². The molecule has 1 amide bonds. The number of anilines is 1. The van der Waals surface area contributed by atoms with Gasteiger partial charge in [0.05, 0.1) is 6.26 Å². The van der Waals surface area contributed by atoms with Gasteiger partial charge >= 0.3 is 0 Å². The second kappa shape index (κ2) is 7.19. The van der Waals surface area contributed by atoms with Gasteiger partial charge in [-0.3, -0.25) is 15.2 Å². The number of nitrogens with one attached hydrogen (secondary N) is 2. The lowest BCUT2D eigenvalue weighted by Gasteiger charge is -2.17. The van der Waals surface area contributed by atoms with E-state index in [9.17, 15) is 4.79 Å². The number of thioether (sulfide) groups is 1. The number of amides is 1. The summed E-state index contributed by atoms with van der Waals surface area (Å²) in [5, 5.41) is 9.52. The lowest BCUT2D eigenvalue weighted by Crippen LogP contribution is -2.26. The molecule has 0 radical (unpaired) electrons. The molecule has 0 aromatic carbocycles. The minimum Gasteiger partial charge on any atom is -0.461 e. The van der Waals surface area contributed by atoms with Gasteiger partial charge in [-0.05, 0) is 42.7 Å². The molecule has 0 unspecified atom stereocenters. The van der Waals surface area contributed by atoms with E-state index < -0.39 is 0 Å². The number of hydrogen-bond acceptors (Lipinski definition) is 5. The predicted molar refractivity (Wildman–Crippen MR) is 89.2 cm³/mol. The SMILES string of the molecule is CSCC[C@H](C(=O)Nc1n[nH]c(-c2ccco2)n1)n1cccc1. The van der Waals surface area contributed by atoms with E-state index >= 15 is 0 Å². The molecule has 0 aliphatic rings. The Bertz CT molecular complexity index is 736. The standard InChI is InChI=1S/C15H17N5O2S/c1-23-10-6-11(20-7-2-3-8-20)14(21)17-15-16-13(18-19-15)12-5-4-9-22-12/h2-5,7-9,11H,6,10H2,1H3,(H2,16,17,18,19,21)/t11-/m1/s1. The molecular weight excluding hydrogens is 314 g/mol. The van der Waals surface area contributed by atoms with Crippen LogP contribution in [0.15, 0.2) is 47.3 Å². The molecule has 0 fully saturated rings. The molecule has 2 N–H and O–H groups in total. The second-order valence-electron chi connectivity index (χ2n) is 4.90. The molecule has 23 heavy (non-hydrogen) atoms. The quantitative estimate of drug-likeness (QED) is 0.695. The molecule has 0 saturated carbocycles. The molecule has 0 saturated heterocycles. The Balaban J connectivity index is 1.71. The zero-order chi connectivity index (χ0) is 16.1. The van der Waals surface area contributed by atoms with E-state index in [0.717, 1.165) is 12.2 Å². The Morgan fingerprint density at radius 1 is 1.43 bits per heavy atom. The smallest absolute Gasteiger partial charge is 0.249 e. The highest BCUT2D eigenvalue weighted by atomic mass is 32.2. The summed E-state index contributed by atoms with van der Waals surface area (Å²) >= 11 is 1.71. The number of nitrogens with zero attached hydrogens (tertiary/aromatic N) is 3. The van der Waals surface area contributed by atoms with Crippen molar-refractivity contribution in [3.05, 3.63) is 42.9 Å². The highest BCUT2D eigenvalue weighted by Crippen LogP contribution is 2.19. The molecule has 7 nitrogen and oxygen atoms in total. The summed E-state index contributed by atoms with van der Waals surface area (Å²) in [4.78, 5) is 16.8. The minimum absolute atomic E-state index is 0.139. The summed E-state index contributed by atoms with van der Waals surface area (Å²) in [6.07, 6.45) is 8.08. The van der Waals surface area contributed by atoms with Crippen molar-refractivity contribution in [2.45, 2.75) is 12.5 Å². The first-order valence-corrected chi connectivity index (χ1v) is 8.56. The van der Waals surface area contributed by atoms with Crippen molar-refractivity contribution in [1.29, 1.82) is 0 Å². The Labute approximate surface area is 137 Å². The van der Waals surface area contributed by atoms with Gasteiger partial charge < -0.3 is 8.98 Å². The first-order chi connectivity index (χ1) is 11.3. The average molecular weight is 331 g/mol. The summed E-state index contributed by atoms with van der Waals surface area (Å²) in [5.74, 6) is 2.04. The third-order valence-corrected chi connectivity index (χ3v) is 4.00. The largest absolute Gasteiger partial charge is 0.461 e. The fraction of sp³-hybridized carbons (Fsp3) is 0.267. The van der Waals surface area contributed by atoms with Gasteiger partial charge in [-0.15, -0.1) is 5.10 Å². The van der Waals surface area contributed by atoms with Crippen molar-refractivity contribution in [3.8, 4) is 11.6 Å². The van der Waals surface area contributed by atoms with Crippen molar-refractivity contribution in [2.24, 2.45) is 0 Å². The number of aromatic nitrogens is 4. The van der Waals surface area contributed by atoms with Crippen LogP contribution in [-0.4, -0.2) is 37.7 Å². The number of H-pyrrole nitrogens is 1. The number of furan rings is 1. The molecule has 3 heterocycles. The molecule has 3 aromatic heterocycles. The fourth-order valence-electron chi connectivity index (χ4n) is 2.24. The summed E-state index contributed by atoms with van der Waals surface area (Å²) in [6.45, 7) is 0. The number of carbonyl (C=O) groups excluding carboxylic acids is 1. The molecule has 3 rings (SSSR count). The number of aromatic amines is 1. The molecule has 0 bridgehead atoms. The Hall–Kier alpha value is -2.48. The third kappa shape index (κ3) is 3.65. The van der Waals surface area contributed by atoms with Crippen molar-refractivity contribution in [1.82, 2.24) is 19.7 Å². The number of hydrogen-bond donors (Lipinski definition) is 2. The molecule has 0 aliphatic heterocycles. The van der Waals surface area contributed by atoms with Crippen molar-refractivity contribution < 1.29 is 9.21 Å². The van der Waals surface area contributed by atoms with Crippen LogP contribution >= 0.6 is 11.8 Å². The van der Waals surface area contributed by atoms with Crippen LogP contribution in [0.25, 0.3) is 11.6 Å². The topological polar surface area (TPSA) is 88.7 Å². The van der Waals surface area contributed by atoms with Gasteiger partial charge in [0.1, 0.15) is 6.04 Å². The Morgan fingerprint density at radius 2 is 2.26 bits per heavy atom. The molecule has 120 valence electrons. The third-order valence-electron chi connectivity index (χ3n) is 3.36. The number of rotatable bonds is 7. The van der Waals surface area contributed by atoms with Crippen molar-refractivity contribution >= 4 is 23.6 Å². The average Bonchev–Trinajstić information content (AvgIpc) is 3.30. The zero-order valence-electron chi connectivity index (χ0n) is 12.6. The van der Waals surface area contributed by atoms with E-state index in [4.69, 9.17) is 4.42 Å². The van der Waals surface area contributed by atoms with Crippen molar-refractivity contribution in [2.75, 3.05) is 17.3 Å². The molecule has 8 heteroatoms. The van der Waals surface area contributed by atoms with E-state index in [2.05, 4.69) is 20.5 Å². The summed E-state index contributed by atoms with van der Waals surface area (Å²) in [6, 6.07) is 7.05. The van der Waals surface area contributed by atoms with Gasteiger partial charge in [-0.1, -0.05) is 0 Å². The van der Waals surface area contributed by atoms with Crippen LogP contribution in [0.4, 0.5) is 5.95 Å². The summed E-state index contributed by atoms with van der Waals surface area (Å²) < 4.78 is 7.14. The Kier molecular flexibility index (Phi) is 4.82. The normalized spacial score (nSPS) is 12.2. The Morgan fingerprint density at radius 3 is 2.96 bits per heavy atom. The van der Waals surface area contributed by atoms with Gasteiger partial charge in [0.2, 0.25) is 11.9 Å². The van der Waals surface area contributed by atoms with Gasteiger partial charge in [0.25, 0.3) is 0 Å². The molecule has 0 aliphatic carbocycles. The molecule has 3 aromatic rings. The first-order valence-electron chi connectivity index (χ1n) is 7.16. The number of carbonyl (C=O) groups is 1. The van der Waals surface area contributed by atoms with Crippen LogP contribution < -0.4 is 5.32 Å². The van der Waals surface area contributed by atoms with Crippen LogP contribution in [0.3, 0.4) is 0 Å². The first kappa shape index (κ1) is 15.4. The predicted octanol–water partition coefficient (Wildman–Crippen LogP) is 2.80. The van der Waals surface area contributed by atoms with E-state index in [1.807, 2.05) is 35.3 Å². The zero-order valence-corrected chi connectivity index (χ0v) is 13.4. The maximum Gasteiger partial charge on any atom is 0.249 e. The lowest BCUT2D eigenvalue weighted by molar-refractivity contribution is -0.119. The lowest BCUT2D eigenvalue weighted by atomic mass is 10.2. The van der Waals surface area contributed by atoms with Crippen LogP contribution in [0, 0.1) is 0 Å². The van der Waals surface area contributed by atoms with Crippen LogP contribution in [0.5, 0.6) is 0 Å². The van der Waals surface area contributed by atoms with Gasteiger partial charge in [0, 0.05) is 12.4 Å². The van der Waals surface area contributed by atoms with Gasteiger partial charge in [-0.25, -0.2) is 0 Å². The van der Waals surface area contributed by atoms with Gasteiger partial charge in [0.15, 0.2) is 11.6 Å². The van der Waals surface area contributed by atoms with Crippen LogP contribution in [0.1, 0.15) is 12.5 Å². The highest BCUT2D eigenvalue weighted by Gasteiger charge is 2.21. The van der Waals surface area contributed by atoms with Crippen LogP contribution in [-0.2, 0) is 4.79 Å². The fourth-order valence-corrected chi connectivity index (χ4v) is 2.69. The maximum absolute atomic E-state index is 12.6.